The van der Waals surface area contributed by atoms with Gasteiger partial charge in [-0.25, -0.2) is 4.68 Å². The summed E-state index contributed by atoms with van der Waals surface area (Å²) >= 11 is 0. The summed E-state index contributed by atoms with van der Waals surface area (Å²) in [6.07, 6.45) is 2.60. The number of hydrogen-bond donors (Lipinski definition) is 1. The lowest BCUT2D eigenvalue weighted by atomic mass is 9.92. The maximum atomic E-state index is 4.14. The Morgan fingerprint density at radius 1 is 1.33 bits per heavy atom. The lowest BCUT2D eigenvalue weighted by Gasteiger charge is -2.22. The van der Waals surface area contributed by atoms with E-state index in [2.05, 4.69) is 55.5 Å². The van der Waals surface area contributed by atoms with Crippen LogP contribution in [0.25, 0.3) is 0 Å². The van der Waals surface area contributed by atoms with E-state index >= 15 is 0 Å². The highest BCUT2D eigenvalue weighted by Gasteiger charge is 2.46. The highest BCUT2D eigenvalue weighted by atomic mass is 15.5. The van der Waals surface area contributed by atoms with E-state index in [0.717, 1.165) is 18.9 Å². The first kappa shape index (κ1) is 13.5. The molecule has 1 N–H and O–H groups in total. The topological polar surface area (TPSA) is 55.6 Å². The van der Waals surface area contributed by atoms with Gasteiger partial charge in [-0.2, -0.15) is 0 Å². The molecule has 0 saturated heterocycles. The molecule has 0 amide bonds. The molecule has 1 aromatic rings. The zero-order valence-electron chi connectivity index (χ0n) is 12.2. The minimum atomic E-state index is 0.0894. The van der Waals surface area contributed by atoms with Crippen LogP contribution in [-0.4, -0.2) is 25.7 Å². The number of nitrogens with zero attached hydrogens (tertiary/aromatic N) is 4. The highest BCUT2D eigenvalue weighted by Crippen LogP contribution is 2.53. The molecule has 0 radical (unpaired) electrons. The monoisotopic (exact) mass is 251 g/mol. The predicted octanol–water partition coefficient (Wildman–Crippen LogP) is 2.00. The number of tetrazole rings is 1. The van der Waals surface area contributed by atoms with E-state index < -0.39 is 0 Å². The maximum absolute atomic E-state index is 4.14. The molecule has 2 rings (SSSR count). The molecule has 1 fully saturated rings. The van der Waals surface area contributed by atoms with Gasteiger partial charge < -0.3 is 5.32 Å². The minimum absolute atomic E-state index is 0.0894. The summed E-state index contributed by atoms with van der Waals surface area (Å²) in [7, 11) is 0. The Kier molecular flexibility index (Phi) is 3.45. The molecule has 0 aromatic carbocycles. The first-order valence-electron chi connectivity index (χ1n) is 6.82. The Hall–Kier alpha value is -0.970. The van der Waals surface area contributed by atoms with Gasteiger partial charge in [-0.05, 0) is 55.4 Å². The Labute approximate surface area is 109 Å². The summed E-state index contributed by atoms with van der Waals surface area (Å²) in [6.45, 7) is 12.7. The first-order chi connectivity index (χ1) is 8.32. The van der Waals surface area contributed by atoms with Crippen molar-refractivity contribution in [1.82, 2.24) is 25.5 Å². The first-order valence-corrected chi connectivity index (χ1v) is 6.82. The molecular weight excluding hydrogens is 226 g/mol. The van der Waals surface area contributed by atoms with Crippen molar-refractivity contribution in [3.8, 4) is 0 Å². The van der Waals surface area contributed by atoms with Gasteiger partial charge >= 0.3 is 0 Å². The van der Waals surface area contributed by atoms with Gasteiger partial charge in [0.2, 0.25) is 0 Å². The molecule has 1 heterocycles. The van der Waals surface area contributed by atoms with Crippen LogP contribution >= 0.6 is 0 Å². The Balaban J connectivity index is 2.00. The fourth-order valence-electron chi connectivity index (χ4n) is 2.19. The van der Waals surface area contributed by atoms with Crippen molar-refractivity contribution < 1.29 is 0 Å². The van der Waals surface area contributed by atoms with Crippen LogP contribution in [0.4, 0.5) is 0 Å². The molecule has 1 aromatic heterocycles. The van der Waals surface area contributed by atoms with E-state index in [4.69, 9.17) is 0 Å². The van der Waals surface area contributed by atoms with E-state index in [1.165, 1.54) is 12.8 Å². The van der Waals surface area contributed by atoms with E-state index in [9.17, 15) is 0 Å². The molecule has 102 valence electrons. The van der Waals surface area contributed by atoms with Crippen molar-refractivity contribution in [3.05, 3.63) is 5.82 Å². The summed E-state index contributed by atoms with van der Waals surface area (Å²) in [5.74, 6) is 1.64. The van der Waals surface area contributed by atoms with Gasteiger partial charge in [0.05, 0.1) is 13.1 Å². The number of aromatic nitrogens is 4. The summed E-state index contributed by atoms with van der Waals surface area (Å²) in [5.41, 5.74) is 0.526. The van der Waals surface area contributed by atoms with Gasteiger partial charge in [-0.3, -0.25) is 0 Å². The van der Waals surface area contributed by atoms with Gasteiger partial charge in [0.1, 0.15) is 0 Å². The van der Waals surface area contributed by atoms with Gasteiger partial charge in [-0.15, -0.1) is 5.10 Å². The second kappa shape index (κ2) is 4.61. The predicted molar refractivity (Wildman–Crippen MR) is 70.9 cm³/mol. The average Bonchev–Trinajstić information content (AvgIpc) is 2.88. The van der Waals surface area contributed by atoms with Crippen molar-refractivity contribution in [2.75, 3.05) is 0 Å². The summed E-state index contributed by atoms with van der Waals surface area (Å²) in [5, 5.41) is 15.5. The molecule has 5 nitrogen and oxygen atoms in total. The minimum Gasteiger partial charge on any atom is -0.305 e. The molecule has 0 spiro atoms. The van der Waals surface area contributed by atoms with Crippen molar-refractivity contribution in [3.63, 3.8) is 0 Å². The van der Waals surface area contributed by atoms with Gasteiger partial charge in [0.25, 0.3) is 0 Å². The number of hydrogen-bond acceptors (Lipinski definition) is 4. The molecule has 0 atom stereocenters. The van der Waals surface area contributed by atoms with E-state index in [1.54, 1.807) is 0 Å². The van der Waals surface area contributed by atoms with Gasteiger partial charge in [0.15, 0.2) is 5.82 Å². The van der Waals surface area contributed by atoms with Crippen LogP contribution in [0, 0.1) is 11.3 Å². The lowest BCUT2D eigenvalue weighted by Crippen LogP contribution is -2.36. The summed E-state index contributed by atoms with van der Waals surface area (Å²) in [4.78, 5) is 0. The SMILES string of the molecule is CC(C)C1(Cn2nnnc2CNC(C)(C)C)CC1. The van der Waals surface area contributed by atoms with Crippen LogP contribution in [-0.2, 0) is 13.1 Å². The van der Waals surface area contributed by atoms with Crippen LogP contribution in [0.15, 0.2) is 0 Å². The third-order valence-electron chi connectivity index (χ3n) is 3.96. The quantitative estimate of drug-likeness (QED) is 0.869. The third kappa shape index (κ3) is 3.07. The second-order valence-corrected chi connectivity index (χ2v) is 6.87. The molecule has 5 heteroatoms. The van der Waals surface area contributed by atoms with Gasteiger partial charge in [-0.1, -0.05) is 13.8 Å². The van der Waals surface area contributed by atoms with Crippen molar-refractivity contribution in [2.45, 2.75) is 66.1 Å². The fraction of sp³-hybridized carbons (Fsp3) is 0.923. The normalized spacial score (nSPS) is 18.3. The smallest absolute Gasteiger partial charge is 0.165 e. The van der Waals surface area contributed by atoms with Gasteiger partial charge in [0, 0.05) is 5.54 Å². The molecule has 0 bridgehead atoms. The average molecular weight is 251 g/mol. The third-order valence-corrected chi connectivity index (χ3v) is 3.96. The Morgan fingerprint density at radius 2 is 2.00 bits per heavy atom. The van der Waals surface area contributed by atoms with Crippen LogP contribution in [0.3, 0.4) is 0 Å². The molecule has 1 aliphatic rings. The lowest BCUT2D eigenvalue weighted by molar-refractivity contribution is 0.285. The van der Waals surface area contributed by atoms with E-state index in [1.807, 2.05) is 4.68 Å². The summed E-state index contributed by atoms with van der Waals surface area (Å²) in [6, 6.07) is 0. The Morgan fingerprint density at radius 3 is 2.50 bits per heavy atom. The van der Waals surface area contributed by atoms with Crippen LogP contribution in [0.1, 0.15) is 53.3 Å². The molecule has 0 unspecified atom stereocenters. The van der Waals surface area contributed by atoms with Crippen LogP contribution in [0.2, 0.25) is 0 Å². The molecule has 1 saturated carbocycles. The molecule has 1 aliphatic carbocycles. The fourth-order valence-corrected chi connectivity index (χ4v) is 2.19. The molecule has 0 aliphatic heterocycles. The largest absolute Gasteiger partial charge is 0.305 e. The Bertz CT molecular complexity index is 398. The molecular formula is C13H25N5. The summed E-state index contributed by atoms with van der Waals surface area (Å²) < 4.78 is 1.98. The van der Waals surface area contributed by atoms with Crippen molar-refractivity contribution in [1.29, 1.82) is 0 Å². The second-order valence-electron chi connectivity index (χ2n) is 6.87. The van der Waals surface area contributed by atoms with E-state index in [0.29, 0.717) is 11.3 Å². The zero-order chi connectivity index (χ0) is 13.4. The van der Waals surface area contributed by atoms with Crippen molar-refractivity contribution >= 4 is 0 Å². The highest BCUT2D eigenvalue weighted by molar-refractivity contribution is 4.97. The number of nitrogens with one attached hydrogen (secondary N) is 1. The van der Waals surface area contributed by atoms with Crippen LogP contribution < -0.4 is 5.32 Å². The van der Waals surface area contributed by atoms with Crippen molar-refractivity contribution in [2.24, 2.45) is 11.3 Å². The maximum Gasteiger partial charge on any atom is 0.165 e. The zero-order valence-corrected chi connectivity index (χ0v) is 12.2. The molecule has 18 heavy (non-hydrogen) atoms. The standard InChI is InChI=1S/C13H25N5/c1-10(2)13(6-7-13)9-18-11(15-16-17-18)8-14-12(3,4)5/h10,14H,6-9H2,1-5H3. The van der Waals surface area contributed by atoms with Crippen LogP contribution in [0.5, 0.6) is 0 Å². The van der Waals surface area contributed by atoms with E-state index in [-0.39, 0.29) is 5.54 Å². The number of rotatable bonds is 5.